The molecule has 0 saturated carbocycles. The van der Waals surface area contributed by atoms with E-state index in [1.54, 1.807) is 17.9 Å². The molecule has 6 nitrogen and oxygen atoms in total. The number of rotatable bonds is 6. The summed E-state index contributed by atoms with van der Waals surface area (Å²) in [5.41, 5.74) is 2.80. The van der Waals surface area contributed by atoms with Crippen molar-refractivity contribution in [1.29, 1.82) is 0 Å². The fraction of sp³-hybridized carbons (Fsp3) is 0.375. The molecule has 0 aliphatic carbocycles. The molecule has 1 aromatic heterocycles. The van der Waals surface area contributed by atoms with Crippen LogP contribution >= 0.6 is 0 Å². The third-order valence-electron chi connectivity index (χ3n) is 3.38. The fourth-order valence-corrected chi connectivity index (χ4v) is 2.15. The molecule has 6 heteroatoms. The smallest absolute Gasteiger partial charge is 0.258 e. The number of anilines is 1. The van der Waals surface area contributed by atoms with Crippen LogP contribution in [-0.2, 0) is 13.5 Å². The number of amides is 1. The number of hydrogen-bond acceptors (Lipinski definition) is 4. The number of hydrogen-bond donors (Lipinski definition) is 1. The average Bonchev–Trinajstić information content (AvgIpc) is 2.89. The average molecular weight is 302 g/mol. The lowest BCUT2D eigenvalue weighted by molar-refractivity contribution is 0.0951. The van der Waals surface area contributed by atoms with Crippen molar-refractivity contribution in [2.24, 2.45) is 7.05 Å². The number of aryl methyl sites for hydroxylation is 1. The molecule has 0 radical (unpaired) electrons. The van der Waals surface area contributed by atoms with E-state index in [0.29, 0.717) is 18.0 Å². The Morgan fingerprint density at radius 1 is 1.32 bits per heavy atom. The Labute approximate surface area is 130 Å². The third-order valence-corrected chi connectivity index (χ3v) is 3.38. The molecule has 0 unspecified atom stereocenters. The van der Waals surface area contributed by atoms with E-state index in [4.69, 9.17) is 4.74 Å². The Morgan fingerprint density at radius 3 is 2.59 bits per heavy atom. The molecule has 1 aromatic carbocycles. The van der Waals surface area contributed by atoms with Gasteiger partial charge in [-0.1, -0.05) is 12.1 Å². The topological polar surface area (TPSA) is 59.4 Å². The minimum atomic E-state index is -0.171. The molecule has 0 spiro atoms. The van der Waals surface area contributed by atoms with Crippen LogP contribution in [0.5, 0.6) is 5.88 Å². The summed E-state index contributed by atoms with van der Waals surface area (Å²) in [5.74, 6) is 0.171. The van der Waals surface area contributed by atoms with Gasteiger partial charge in [-0.15, -0.1) is 5.10 Å². The summed E-state index contributed by atoms with van der Waals surface area (Å²) in [4.78, 5) is 14.2. The Balaban J connectivity index is 1.89. The molecule has 2 aromatic rings. The van der Waals surface area contributed by atoms with Gasteiger partial charge in [0, 0.05) is 39.6 Å². The molecular formula is C16H22N4O2. The number of aromatic nitrogens is 2. The summed E-state index contributed by atoms with van der Waals surface area (Å²) in [6.07, 6.45) is 2.43. The van der Waals surface area contributed by atoms with Crippen LogP contribution in [0.2, 0.25) is 0 Å². The second-order valence-corrected chi connectivity index (χ2v) is 5.29. The van der Waals surface area contributed by atoms with Crippen LogP contribution in [0.4, 0.5) is 5.69 Å². The highest BCUT2D eigenvalue weighted by atomic mass is 16.5. The van der Waals surface area contributed by atoms with Crippen molar-refractivity contribution in [3.63, 3.8) is 0 Å². The first kappa shape index (κ1) is 15.9. The van der Waals surface area contributed by atoms with Gasteiger partial charge in [0.05, 0.1) is 7.11 Å². The number of methoxy groups -OCH3 is 1. The molecule has 0 aliphatic heterocycles. The number of benzene rings is 1. The molecule has 0 fully saturated rings. The van der Waals surface area contributed by atoms with Crippen LogP contribution in [0.1, 0.15) is 15.9 Å². The quantitative estimate of drug-likeness (QED) is 0.878. The molecule has 118 valence electrons. The summed E-state index contributed by atoms with van der Waals surface area (Å²) >= 11 is 0. The van der Waals surface area contributed by atoms with Crippen molar-refractivity contribution in [1.82, 2.24) is 15.1 Å². The van der Waals surface area contributed by atoms with Crippen molar-refractivity contribution in [2.45, 2.75) is 6.42 Å². The minimum Gasteiger partial charge on any atom is -0.479 e. The van der Waals surface area contributed by atoms with E-state index in [2.05, 4.69) is 39.6 Å². The van der Waals surface area contributed by atoms with E-state index in [1.165, 1.54) is 12.7 Å². The van der Waals surface area contributed by atoms with Crippen molar-refractivity contribution >= 4 is 11.6 Å². The lowest BCUT2D eigenvalue weighted by Crippen LogP contribution is -2.25. The molecule has 22 heavy (non-hydrogen) atoms. The second kappa shape index (κ2) is 6.98. The normalized spacial score (nSPS) is 10.4. The van der Waals surface area contributed by atoms with Gasteiger partial charge in [-0.05, 0) is 24.1 Å². The number of nitrogens with one attached hydrogen (secondary N) is 1. The van der Waals surface area contributed by atoms with Gasteiger partial charge in [0.1, 0.15) is 5.56 Å². The highest BCUT2D eigenvalue weighted by Crippen LogP contribution is 2.15. The van der Waals surface area contributed by atoms with Gasteiger partial charge in [0.15, 0.2) is 0 Å². The zero-order valence-corrected chi connectivity index (χ0v) is 13.5. The molecular weight excluding hydrogens is 280 g/mol. The van der Waals surface area contributed by atoms with E-state index in [0.717, 1.165) is 12.1 Å². The first-order valence-electron chi connectivity index (χ1n) is 7.13. The fourth-order valence-electron chi connectivity index (χ4n) is 2.15. The Morgan fingerprint density at radius 2 is 2.00 bits per heavy atom. The van der Waals surface area contributed by atoms with Gasteiger partial charge < -0.3 is 15.0 Å². The Bertz CT molecular complexity index is 632. The summed E-state index contributed by atoms with van der Waals surface area (Å²) in [6.45, 7) is 0.568. The summed E-state index contributed by atoms with van der Waals surface area (Å²) in [5, 5.41) is 6.96. The largest absolute Gasteiger partial charge is 0.479 e. The standard InChI is InChI=1S/C16H22N4O2/c1-19(2)13-7-5-12(6-8-13)9-10-17-15(21)14-11-20(3)18-16(14)22-4/h5-8,11H,9-10H2,1-4H3,(H,17,21). The molecule has 1 heterocycles. The highest BCUT2D eigenvalue weighted by Gasteiger charge is 2.15. The van der Waals surface area contributed by atoms with Crippen LogP contribution in [0.25, 0.3) is 0 Å². The van der Waals surface area contributed by atoms with Gasteiger partial charge in [-0.3, -0.25) is 9.48 Å². The third kappa shape index (κ3) is 3.78. The van der Waals surface area contributed by atoms with Crippen molar-refractivity contribution in [2.75, 3.05) is 32.6 Å². The lowest BCUT2D eigenvalue weighted by Gasteiger charge is -2.12. The van der Waals surface area contributed by atoms with Gasteiger partial charge >= 0.3 is 0 Å². The summed E-state index contributed by atoms with van der Waals surface area (Å²) in [7, 11) is 7.28. The number of carbonyl (C=O) groups excluding carboxylic acids is 1. The molecule has 1 amide bonds. The van der Waals surface area contributed by atoms with E-state index in [-0.39, 0.29) is 5.91 Å². The van der Waals surface area contributed by atoms with Gasteiger partial charge in [0.2, 0.25) is 5.88 Å². The summed E-state index contributed by atoms with van der Waals surface area (Å²) in [6, 6.07) is 8.29. The maximum absolute atomic E-state index is 12.1. The molecule has 0 saturated heterocycles. The number of ether oxygens (including phenoxy) is 1. The number of carbonyl (C=O) groups is 1. The molecule has 0 atom stereocenters. The predicted octanol–water partition coefficient (Wildman–Crippen LogP) is 1.47. The van der Waals surface area contributed by atoms with Crippen LogP contribution in [0.3, 0.4) is 0 Å². The molecule has 1 N–H and O–H groups in total. The van der Waals surface area contributed by atoms with E-state index in [1.807, 2.05) is 14.1 Å². The summed E-state index contributed by atoms with van der Waals surface area (Å²) < 4.78 is 6.65. The van der Waals surface area contributed by atoms with E-state index in [9.17, 15) is 4.79 Å². The molecule has 2 rings (SSSR count). The minimum absolute atomic E-state index is 0.171. The van der Waals surface area contributed by atoms with Crippen LogP contribution < -0.4 is 15.0 Å². The molecule has 0 aliphatic rings. The van der Waals surface area contributed by atoms with Crippen molar-refractivity contribution in [3.8, 4) is 5.88 Å². The molecule has 0 bridgehead atoms. The zero-order valence-electron chi connectivity index (χ0n) is 13.5. The lowest BCUT2D eigenvalue weighted by atomic mass is 10.1. The SMILES string of the molecule is COc1nn(C)cc1C(=O)NCCc1ccc(N(C)C)cc1. The van der Waals surface area contributed by atoms with Gasteiger partial charge in [-0.2, -0.15) is 0 Å². The zero-order chi connectivity index (χ0) is 16.1. The van der Waals surface area contributed by atoms with Crippen LogP contribution in [-0.4, -0.2) is 43.4 Å². The highest BCUT2D eigenvalue weighted by molar-refractivity contribution is 5.96. The Kier molecular flexibility index (Phi) is 5.04. The second-order valence-electron chi connectivity index (χ2n) is 5.29. The maximum atomic E-state index is 12.1. The first-order valence-corrected chi connectivity index (χ1v) is 7.13. The monoisotopic (exact) mass is 302 g/mol. The van der Waals surface area contributed by atoms with Crippen molar-refractivity contribution < 1.29 is 9.53 Å². The van der Waals surface area contributed by atoms with Crippen LogP contribution in [0, 0.1) is 0 Å². The van der Waals surface area contributed by atoms with E-state index < -0.39 is 0 Å². The van der Waals surface area contributed by atoms with Crippen molar-refractivity contribution in [3.05, 3.63) is 41.6 Å². The first-order chi connectivity index (χ1) is 10.5. The maximum Gasteiger partial charge on any atom is 0.258 e. The van der Waals surface area contributed by atoms with E-state index >= 15 is 0 Å². The Hall–Kier alpha value is -2.50. The predicted molar refractivity (Wildman–Crippen MR) is 86.6 cm³/mol. The number of nitrogens with zero attached hydrogens (tertiary/aromatic N) is 3. The van der Waals surface area contributed by atoms with Gasteiger partial charge in [0.25, 0.3) is 5.91 Å². The van der Waals surface area contributed by atoms with Gasteiger partial charge in [-0.25, -0.2) is 0 Å². The van der Waals surface area contributed by atoms with Crippen LogP contribution in [0.15, 0.2) is 30.5 Å².